The number of rotatable bonds is 7. The number of anilines is 2. The molecule has 0 spiro atoms. The van der Waals surface area contributed by atoms with Crippen molar-refractivity contribution in [2.24, 2.45) is 5.92 Å². The van der Waals surface area contributed by atoms with Crippen LogP contribution >= 0.6 is 0 Å². The summed E-state index contributed by atoms with van der Waals surface area (Å²) in [6.07, 6.45) is 3.16. The van der Waals surface area contributed by atoms with Crippen LogP contribution < -0.4 is 16.8 Å². The van der Waals surface area contributed by atoms with E-state index >= 15 is 0 Å². The molecule has 1 aliphatic heterocycles. The number of carbonyl (C=O) groups is 1. The molecule has 3 rings (SSSR count). The molecular weight excluding hydrogens is 364 g/mol. The van der Waals surface area contributed by atoms with Gasteiger partial charge in [0, 0.05) is 37.6 Å². The summed E-state index contributed by atoms with van der Waals surface area (Å²) < 4.78 is 0. The molecule has 0 bridgehead atoms. The Morgan fingerprint density at radius 3 is 2.28 bits per heavy atom. The number of aliphatic hydroxyl groups excluding tert-OH is 1. The zero-order valence-corrected chi connectivity index (χ0v) is 16.7. The first kappa shape index (κ1) is 20.9. The van der Waals surface area contributed by atoms with Gasteiger partial charge in [0.1, 0.15) is 0 Å². The van der Waals surface area contributed by atoms with E-state index < -0.39 is 0 Å². The van der Waals surface area contributed by atoms with Gasteiger partial charge < -0.3 is 26.8 Å². The van der Waals surface area contributed by atoms with Crippen LogP contribution in [-0.4, -0.2) is 42.2 Å². The van der Waals surface area contributed by atoms with Gasteiger partial charge in [-0.25, -0.2) is 0 Å². The van der Waals surface area contributed by atoms with Crippen molar-refractivity contribution < 1.29 is 9.90 Å². The lowest BCUT2D eigenvalue weighted by atomic mass is 9.99. The van der Waals surface area contributed by atoms with Gasteiger partial charge in [-0.3, -0.25) is 4.79 Å². The highest BCUT2D eigenvalue weighted by Gasteiger charge is 2.21. The molecule has 1 heterocycles. The zero-order valence-electron chi connectivity index (χ0n) is 16.7. The Morgan fingerprint density at radius 1 is 1.03 bits per heavy atom. The summed E-state index contributed by atoms with van der Waals surface area (Å²) in [5, 5.41) is 12.9. The van der Waals surface area contributed by atoms with Gasteiger partial charge in [0.05, 0.1) is 13.0 Å². The van der Waals surface area contributed by atoms with E-state index in [1.807, 2.05) is 59.5 Å². The third kappa shape index (κ3) is 6.34. The topological polar surface area (TPSA) is 105 Å². The van der Waals surface area contributed by atoms with Gasteiger partial charge in [-0.15, -0.1) is 0 Å². The maximum absolute atomic E-state index is 13.2. The van der Waals surface area contributed by atoms with Gasteiger partial charge in [0.25, 0.3) is 0 Å². The molecule has 6 nitrogen and oxygen atoms in total. The summed E-state index contributed by atoms with van der Waals surface area (Å²) in [6.45, 7) is 2.79. The lowest BCUT2D eigenvalue weighted by Crippen LogP contribution is -2.38. The summed E-state index contributed by atoms with van der Waals surface area (Å²) in [4.78, 5) is 15.1. The van der Waals surface area contributed by atoms with Crippen LogP contribution in [0.5, 0.6) is 0 Å². The smallest absolute Gasteiger partial charge is 0.227 e. The van der Waals surface area contributed by atoms with Crippen molar-refractivity contribution >= 4 is 17.3 Å². The highest BCUT2D eigenvalue weighted by molar-refractivity contribution is 5.79. The Hall–Kier alpha value is -2.83. The van der Waals surface area contributed by atoms with Crippen molar-refractivity contribution in [1.29, 1.82) is 0 Å². The molecule has 0 fully saturated rings. The second kappa shape index (κ2) is 10.1. The predicted molar refractivity (Wildman–Crippen MR) is 117 cm³/mol. The molecule has 6 heteroatoms. The van der Waals surface area contributed by atoms with Gasteiger partial charge in [0.15, 0.2) is 0 Å². The van der Waals surface area contributed by atoms with E-state index in [4.69, 9.17) is 11.5 Å². The number of amides is 1. The summed E-state index contributed by atoms with van der Waals surface area (Å²) in [6, 6.07) is 15.1. The quantitative estimate of drug-likeness (QED) is 0.424. The third-order valence-electron chi connectivity index (χ3n) is 5.24. The van der Waals surface area contributed by atoms with Crippen molar-refractivity contribution in [2.45, 2.75) is 19.4 Å². The summed E-state index contributed by atoms with van der Waals surface area (Å²) in [5.41, 5.74) is 16.0. The summed E-state index contributed by atoms with van der Waals surface area (Å²) in [7, 11) is 0. The Morgan fingerprint density at radius 2 is 1.66 bits per heavy atom. The second-order valence-corrected chi connectivity index (χ2v) is 7.68. The lowest BCUT2D eigenvalue weighted by Gasteiger charge is -2.28. The number of hydrogen-bond donors (Lipinski definition) is 4. The first-order chi connectivity index (χ1) is 14.0. The first-order valence-corrected chi connectivity index (χ1v) is 9.99. The van der Waals surface area contributed by atoms with Crippen LogP contribution in [-0.2, 0) is 17.8 Å². The number of nitrogens with two attached hydrogens (primary N) is 2. The molecule has 1 aliphatic rings. The van der Waals surface area contributed by atoms with Gasteiger partial charge in [-0.2, -0.15) is 0 Å². The molecule has 0 unspecified atom stereocenters. The van der Waals surface area contributed by atoms with E-state index in [1.54, 1.807) is 0 Å². The molecular formula is C23H30N4O2. The molecule has 2 aromatic rings. The maximum atomic E-state index is 13.2. The normalized spacial score (nSPS) is 16.7. The van der Waals surface area contributed by atoms with Crippen LogP contribution in [0.1, 0.15) is 17.5 Å². The van der Waals surface area contributed by atoms with Gasteiger partial charge in [-0.1, -0.05) is 30.3 Å². The Labute approximate surface area is 172 Å². The van der Waals surface area contributed by atoms with Crippen molar-refractivity contribution in [2.75, 3.05) is 37.7 Å². The minimum Gasteiger partial charge on any atom is -0.399 e. The minimum atomic E-state index is 0.0650. The fourth-order valence-corrected chi connectivity index (χ4v) is 3.62. The third-order valence-corrected chi connectivity index (χ3v) is 5.24. The molecule has 0 radical (unpaired) electrons. The summed E-state index contributed by atoms with van der Waals surface area (Å²) >= 11 is 0. The van der Waals surface area contributed by atoms with Crippen molar-refractivity contribution in [3.8, 4) is 0 Å². The molecule has 0 saturated heterocycles. The highest BCUT2D eigenvalue weighted by Crippen LogP contribution is 2.18. The Kier molecular flexibility index (Phi) is 7.27. The highest BCUT2D eigenvalue weighted by atomic mass is 16.3. The van der Waals surface area contributed by atoms with E-state index in [0.717, 1.165) is 36.2 Å². The molecule has 0 aliphatic carbocycles. The molecule has 6 N–H and O–H groups in total. The van der Waals surface area contributed by atoms with E-state index in [0.29, 0.717) is 30.9 Å². The van der Waals surface area contributed by atoms with E-state index in [9.17, 15) is 9.90 Å². The number of carbonyl (C=O) groups excluding carboxylic acids is 1. The largest absolute Gasteiger partial charge is 0.399 e. The average Bonchev–Trinajstić information content (AvgIpc) is 2.96. The standard InChI is InChI=1S/C23H30N4O2/c24-21-5-1-17(2-6-21)12-23(29)27(14-18-3-7-22(25)8-4-18)15-20-11-19(16-28)9-10-26-13-20/h1-9,20,26,28H,10-16,24-25H2/t20-/m1/s1. The number of nitrogens with one attached hydrogen (secondary N) is 1. The fourth-order valence-electron chi connectivity index (χ4n) is 3.62. The van der Waals surface area contributed by atoms with Gasteiger partial charge in [0.2, 0.25) is 5.91 Å². The van der Waals surface area contributed by atoms with Crippen molar-refractivity contribution in [1.82, 2.24) is 10.2 Å². The van der Waals surface area contributed by atoms with Crippen LogP contribution in [0.15, 0.2) is 60.2 Å². The average molecular weight is 395 g/mol. The SMILES string of the molecule is Nc1ccc(CC(=O)N(Cc2ccc(N)cc2)C[C@H]2CNCC=C(CO)C2)cc1. The fraction of sp³-hybridized carbons (Fsp3) is 0.348. The molecule has 29 heavy (non-hydrogen) atoms. The second-order valence-electron chi connectivity index (χ2n) is 7.68. The number of hydrogen-bond acceptors (Lipinski definition) is 5. The maximum Gasteiger partial charge on any atom is 0.227 e. The number of nitrogens with zero attached hydrogens (tertiary/aromatic N) is 1. The zero-order chi connectivity index (χ0) is 20.6. The molecule has 0 saturated carbocycles. The van der Waals surface area contributed by atoms with Crippen LogP contribution in [0.4, 0.5) is 11.4 Å². The van der Waals surface area contributed by atoms with Crippen molar-refractivity contribution in [3.05, 3.63) is 71.3 Å². The van der Waals surface area contributed by atoms with Crippen molar-refractivity contribution in [3.63, 3.8) is 0 Å². The predicted octanol–water partition coefficient (Wildman–Crippen LogP) is 1.95. The lowest BCUT2D eigenvalue weighted by molar-refractivity contribution is -0.131. The molecule has 1 atom stereocenters. The minimum absolute atomic E-state index is 0.0650. The number of benzene rings is 2. The van der Waals surface area contributed by atoms with Crippen LogP contribution in [0.2, 0.25) is 0 Å². The molecule has 0 aromatic heterocycles. The van der Waals surface area contributed by atoms with Gasteiger partial charge >= 0.3 is 0 Å². The van der Waals surface area contributed by atoms with Crippen LogP contribution in [0.3, 0.4) is 0 Å². The Balaban J connectivity index is 1.74. The Bertz CT molecular complexity index is 831. The summed E-state index contributed by atoms with van der Waals surface area (Å²) in [5.74, 6) is 0.324. The molecule has 1 amide bonds. The monoisotopic (exact) mass is 394 g/mol. The van der Waals surface area contributed by atoms with E-state index in [2.05, 4.69) is 5.32 Å². The van der Waals surface area contributed by atoms with Crippen LogP contribution in [0, 0.1) is 5.92 Å². The van der Waals surface area contributed by atoms with Gasteiger partial charge in [-0.05, 0) is 53.3 Å². The molecule has 2 aromatic carbocycles. The number of aliphatic hydroxyl groups is 1. The molecule has 154 valence electrons. The first-order valence-electron chi connectivity index (χ1n) is 9.99. The van der Waals surface area contributed by atoms with E-state index in [-0.39, 0.29) is 18.4 Å². The van der Waals surface area contributed by atoms with E-state index in [1.165, 1.54) is 0 Å². The van der Waals surface area contributed by atoms with Crippen LogP contribution in [0.25, 0.3) is 0 Å². The number of nitrogen functional groups attached to an aromatic ring is 2.